The van der Waals surface area contributed by atoms with Crippen LogP contribution in [-0.4, -0.2) is 42.0 Å². The van der Waals surface area contributed by atoms with Crippen molar-refractivity contribution in [3.63, 3.8) is 0 Å². The number of halogens is 2. The monoisotopic (exact) mass is 612 g/mol. The first-order valence-electron chi connectivity index (χ1n) is 15.3. The Morgan fingerprint density at radius 2 is 1.58 bits per heavy atom. The third-order valence-corrected chi connectivity index (χ3v) is 9.91. The van der Waals surface area contributed by atoms with Crippen LogP contribution < -0.4 is 4.90 Å². The Labute approximate surface area is 264 Å². The number of hydrogen-bond acceptors (Lipinski definition) is 4. The summed E-state index contributed by atoms with van der Waals surface area (Å²) in [6.07, 6.45) is 5.36. The second kappa shape index (κ2) is 13.1. The van der Waals surface area contributed by atoms with Gasteiger partial charge in [-0.2, -0.15) is 0 Å². The number of phenolic OH excluding ortho intramolecular Hbond substituents is 1. The number of piperazine rings is 1. The lowest BCUT2D eigenvalue weighted by molar-refractivity contribution is 0.0962. The molecule has 1 unspecified atom stereocenters. The second-order valence-electron chi connectivity index (χ2n) is 12.0. The number of anilines is 1. The average Bonchev–Trinajstić information content (AvgIpc) is 3.53. The van der Waals surface area contributed by atoms with E-state index in [4.69, 9.17) is 23.2 Å². The van der Waals surface area contributed by atoms with Gasteiger partial charge in [-0.25, -0.2) is 0 Å². The van der Waals surface area contributed by atoms with Gasteiger partial charge < -0.3 is 10.0 Å². The highest BCUT2D eigenvalue weighted by Gasteiger charge is 2.30. The van der Waals surface area contributed by atoms with Crippen LogP contribution in [0.3, 0.4) is 0 Å². The molecule has 43 heavy (non-hydrogen) atoms. The van der Waals surface area contributed by atoms with E-state index >= 15 is 0 Å². The van der Waals surface area contributed by atoms with Crippen molar-refractivity contribution in [2.24, 2.45) is 5.92 Å². The van der Waals surface area contributed by atoms with Gasteiger partial charge in [-0.1, -0.05) is 109 Å². The summed E-state index contributed by atoms with van der Waals surface area (Å²) < 4.78 is 0. The summed E-state index contributed by atoms with van der Waals surface area (Å²) in [5.74, 6) is 0.962. The van der Waals surface area contributed by atoms with E-state index in [1.807, 2.05) is 36.4 Å². The SMILES string of the molecule is Cc1cccc(-c2ccc(O)c(C(c3cccc(C(=O)CC4CCCC4)c3)N3CCN(c4cccc(Cl)c4Cl)CC3)c2)c1. The molecule has 1 heterocycles. The Kier molecular flexibility index (Phi) is 9.09. The van der Waals surface area contributed by atoms with E-state index in [-0.39, 0.29) is 17.6 Å². The molecule has 222 valence electrons. The summed E-state index contributed by atoms with van der Waals surface area (Å²) in [6, 6.07) is 27.9. The number of rotatable bonds is 8. The highest BCUT2D eigenvalue weighted by atomic mass is 35.5. The Morgan fingerprint density at radius 1 is 0.860 bits per heavy atom. The van der Waals surface area contributed by atoms with E-state index in [0.717, 1.165) is 72.5 Å². The minimum absolute atomic E-state index is 0.214. The van der Waals surface area contributed by atoms with Gasteiger partial charge >= 0.3 is 0 Å². The van der Waals surface area contributed by atoms with Crippen LogP contribution in [0.2, 0.25) is 10.0 Å². The smallest absolute Gasteiger partial charge is 0.163 e. The molecule has 1 saturated heterocycles. The van der Waals surface area contributed by atoms with Crippen molar-refractivity contribution in [1.29, 1.82) is 0 Å². The molecule has 1 N–H and O–H groups in total. The highest BCUT2D eigenvalue weighted by Crippen LogP contribution is 2.40. The Balaban J connectivity index is 1.35. The fraction of sp³-hybridized carbons (Fsp3) is 0.324. The maximum Gasteiger partial charge on any atom is 0.163 e. The maximum atomic E-state index is 13.4. The van der Waals surface area contributed by atoms with Gasteiger partial charge in [-0.15, -0.1) is 0 Å². The normalized spacial score (nSPS) is 16.9. The lowest BCUT2D eigenvalue weighted by Gasteiger charge is -2.41. The first-order chi connectivity index (χ1) is 20.9. The van der Waals surface area contributed by atoms with Crippen molar-refractivity contribution in [3.05, 3.63) is 117 Å². The topological polar surface area (TPSA) is 43.8 Å². The van der Waals surface area contributed by atoms with Crippen LogP contribution in [0.4, 0.5) is 5.69 Å². The number of hydrogen-bond donors (Lipinski definition) is 1. The number of benzene rings is 4. The van der Waals surface area contributed by atoms with E-state index < -0.39 is 0 Å². The van der Waals surface area contributed by atoms with Gasteiger partial charge in [0.2, 0.25) is 0 Å². The molecule has 4 aromatic rings. The number of ketones is 1. The number of aromatic hydroxyl groups is 1. The van der Waals surface area contributed by atoms with Gasteiger partial charge in [0, 0.05) is 43.7 Å². The Hall–Kier alpha value is -3.31. The Morgan fingerprint density at radius 3 is 2.35 bits per heavy atom. The summed E-state index contributed by atoms with van der Waals surface area (Å²) in [4.78, 5) is 18.1. The largest absolute Gasteiger partial charge is 0.508 e. The first-order valence-corrected chi connectivity index (χ1v) is 16.1. The quantitative estimate of drug-likeness (QED) is 0.201. The van der Waals surface area contributed by atoms with Gasteiger partial charge in [0.05, 0.1) is 21.8 Å². The molecule has 0 radical (unpaired) electrons. The predicted molar refractivity (Wildman–Crippen MR) is 178 cm³/mol. The van der Waals surface area contributed by atoms with Crippen LogP contribution in [0, 0.1) is 12.8 Å². The summed E-state index contributed by atoms with van der Waals surface area (Å²) in [5, 5.41) is 12.5. The molecule has 2 aliphatic rings. The third kappa shape index (κ3) is 6.62. The van der Waals surface area contributed by atoms with E-state index in [2.05, 4.69) is 59.2 Å². The minimum Gasteiger partial charge on any atom is -0.508 e. The standard InChI is InChI=1S/C37H38Cl2N2O2/c1-25-7-4-10-27(21-25)28-15-16-34(42)31(24-28)37(30-12-5-11-29(23-30)35(43)22-26-8-2-3-9-26)41-19-17-40(18-20-41)33-14-6-13-32(38)36(33)39/h4-7,10-16,21,23-24,26,37,42H,2-3,8-9,17-20,22H2,1H3. The van der Waals surface area contributed by atoms with Crippen LogP contribution >= 0.6 is 23.2 Å². The van der Waals surface area contributed by atoms with Gasteiger partial charge in [0.1, 0.15) is 5.75 Å². The molecular weight excluding hydrogens is 575 g/mol. The van der Waals surface area contributed by atoms with Crippen molar-refractivity contribution in [2.45, 2.75) is 45.1 Å². The molecule has 6 heteroatoms. The van der Waals surface area contributed by atoms with Crippen LogP contribution in [0.25, 0.3) is 11.1 Å². The lowest BCUT2D eigenvalue weighted by Crippen LogP contribution is -2.48. The van der Waals surface area contributed by atoms with Crippen LogP contribution in [0.1, 0.15) is 65.2 Å². The van der Waals surface area contributed by atoms with Crippen molar-refractivity contribution < 1.29 is 9.90 Å². The zero-order valence-electron chi connectivity index (χ0n) is 24.6. The molecule has 4 nitrogen and oxygen atoms in total. The van der Waals surface area contributed by atoms with E-state index in [0.29, 0.717) is 22.4 Å². The van der Waals surface area contributed by atoms with Gasteiger partial charge in [-0.3, -0.25) is 9.69 Å². The van der Waals surface area contributed by atoms with Crippen molar-refractivity contribution in [2.75, 3.05) is 31.1 Å². The van der Waals surface area contributed by atoms with Crippen LogP contribution in [0.15, 0.2) is 84.9 Å². The average molecular weight is 614 g/mol. The fourth-order valence-corrected chi connectivity index (χ4v) is 7.21. The molecule has 1 aliphatic heterocycles. The van der Waals surface area contributed by atoms with Crippen LogP contribution in [-0.2, 0) is 0 Å². The molecule has 2 fully saturated rings. The third-order valence-electron chi connectivity index (χ3n) is 9.10. The molecule has 0 spiro atoms. The molecule has 0 aromatic heterocycles. The maximum absolute atomic E-state index is 13.4. The number of Topliss-reactive ketones (excluding diaryl/α,β-unsaturated/α-hetero) is 1. The fourth-order valence-electron chi connectivity index (χ4n) is 6.80. The zero-order chi connectivity index (χ0) is 29.9. The van der Waals surface area contributed by atoms with Crippen molar-refractivity contribution in [1.82, 2.24) is 4.90 Å². The predicted octanol–water partition coefficient (Wildman–Crippen LogP) is 9.35. The summed E-state index contributed by atoms with van der Waals surface area (Å²) in [6.45, 7) is 5.11. The summed E-state index contributed by atoms with van der Waals surface area (Å²) in [5.41, 5.74) is 6.91. The van der Waals surface area contributed by atoms with Crippen molar-refractivity contribution in [3.8, 4) is 16.9 Å². The minimum atomic E-state index is -0.221. The van der Waals surface area contributed by atoms with Crippen molar-refractivity contribution >= 4 is 34.7 Å². The number of phenols is 1. The van der Waals surface area contributed by atoms with Crippen LogP contribution in [0.5, 0.6) is 5.75 Å². The number of aryl methyl sites for hydroxylation is 1. The molecule has 1 aliphatic carbocycles. The summed E-state index contributed by atoms with van der Waals surface area (Å²) >= 11 is 12.9. The molecule has 0 bridgehead atoms. The Bertz CT molecular complexity index is 1610. The molecule has 6 rings (SSSR count). The van der Waals surface area contributed by atoms with Gasteiger partial charge in [0.15, 0.2) is 5.78 Å². The lowest BCUT2D eigenvalue weighted by atomic mass is 9.90. The first kappa shape index (κ1) is 29.7. The second-order valence-corrected chi connectivity index (χ2v) is 12.8. The molecule has 0 amide bonds. The summed E-state index contributed by atoms with van der Waals surface area (Å²) in [7, 11) is 0. The number of carbonyl (C=O) groups is 1. The number of nitrogens with zero attached hydrogens (tertiary/aromatic N) is 2. The van der Waals surface area contributed by atoms with E-state index in [1.54, 1.807) is 6.07 Å². The highest BCUT2D eigenvalue weighted by molar-refractivity contribution is 6.43. The molecule has 4 aromatic carbocycles. The van der Waals surface area contributed by atoms with E-state index in [9.17, 15) is 9.90 Å². The van der Waals surface area contributed by atoms with Gasteiger partial charge in [-0.05, 0) is 59.9 Å². The van der Waals surface area contributed by atoms with E-state index in [1.165, 1.54) is 18.4 Å². The van der Waals surface area contributed by atoms with Gasteiger partial charge in [0.25, 0.3) is 0 Å². The number of carbonyl (C=O) groups excluding carboxylic acids is 1. The molecule has 1 atom stereocenters. The zero-order valence-corrected chi connectivity index (χ0v) is 26.1. The molecular formula is C37H38Cl2N2O2. The molecule has 1 saturated carbocycles.